The SMILES string of the molecule is CC(C)(C)OC(=O)N[C@@H]1CO[C@H](CO)C1. The maximum absolute atomic E-state index is 11.4. The highest BCUT2D eigenvalue weighted by Crippen LogP contribution is 2.13. The first kappa shape index (κ1) is 12.3. The maximum Gasteiger partial charge on any atom is 0.407 e. The molecule has 0 spiro atoms. The van der Waals surface area contributed by atoms with Gasteiger partial charge in [0.15, 0.2) is 0 Å². The minimum atomic E-state index is -0.486. The molecule has 1 aliphatic heterocycles. The number of ether oxygens (including phenoxy) is 2. The van der Waals surface area contributed by atoms with Crippen molar-refractivity contribution in [3.63, 3.8) is 0 Å². The van der Waals surface area contributed by atoms with Crippen LogP contribution in [0.15, 0.2) is 0 Å². The third kappa shape index (κ3) is 4.48. The van der Waals surface area contributed by atoms with Gasteiger partial charge < -0.3 is 19.9 Å². The van der Waals surface area contributed by atoms with Crippen molar-refractivity contribution in [3.8, 4) is 0 Å². The second-order valence-corrected chi connectivity index (χ2v) is 4.72. The molecule has 0 saturated carbocycles. The lowest BCUT2D eigenvalue weighted by atomic mass is 10.2. The molecular weight excluding hydrogens is 198 g/mol. The van der Waals surface area contributed by atoms with Crippen molar-refractivity contribution in [1.29, 1.82) is 0 Å². The van der Waals surface area contributed by atoms with Crippen molar-refractivity contribution >= 4 is 6.09 Å². The first-order valence-electron chi connectivity index (χ1n) is 5.12. The van der Waals surface area contributed by atoms with E-state index in [0.717, 1.165) is 0 Å². The van der Waals surface area contributed by atoms with E-state index in [2.05, 4.69) is 5.32 Å². The lowest BCUT2D eigenvalue weighted by Crippen LogP contribution is -2.39. The summed E-state index contributed by atoms with van der Waals surface area (Å²) in [5, 5.41) is 11.5. The van der Waals surface area contributed by atoms with Crippen LogP contribution in [0.4, 0.5) is 4.79 Å². The van der Waals surface area contributed by atoms with Crippen molar-refractivity contribution in [2.45, 2.75) is 44.9 Å². The molecule has 0 aliphatic carbocycles. The molecule has 5 nitrogen and oxygen atoms in total. The Kier molecular flexibility index (Phi) is 3.93. The molecule has 0 radical (unpaired) electrons. The number of amides is 1. The van der Waals surface area contributed by atoms with Crippen LogP contribution < -0.4 is 5.32 Å². The number of nitrogens with one attached hydrogen (secondary N) is 1. The van der Waals surface area contributed by atoms with E-state index in [1.54, 1.807) is 0 Å². The van der Waals surface area contributed by atoms with E-state index in [9.17, 15) is 4.79 Å². The zero-order chi connectivity index (χ0) is 11.5. The van der Waals surface area contributed by atoms with E-state index >= 15 is 0 Å². The maximum atomic E-state index is 11.4. The predicted molar refractivity (Wildman–Crippen MR) is 54.6 cm³/mol. The number of rotatable bonds is 2. The van der Waals surface area contributed by atoms with Gasteiger partial charge in [0.25, 0.3) is 0 Å². The van der Waals surface area contributed by atoms with Crippen LogP contribution in [-0.4, -0.2) is 42.2 Å². The molecule has 15 heavy (non-hydrogen) atoms. The van der Waals surface area contributed by atoms with Crippen LogP contribution in [0.25, 0.3) is 0 Å². The predicted octanol–water partition coefficient (Wildman–Crippen LogP) is 0.661. The Morgan fingerprint density at radius 2 is 2.27 bits per heavy atom. The first-order valence-corrected chi connectivity index (χ1v) is 5.12. The summed E-state index contributed by atoms with van der Waals surface area (Å²) >= 11 is 0. The summed E-state index contributed by atoms with van der Waals surface area (Å²) < 4.78 is 10.3. The summed E-state index contributed by atoms with van der Waals surface area (Å²) in [4.78, 5) is 11.4. The monoisotopic (exact) mass is 217 g/mol. The number of carbonyl (C=O) groups excluding carboxylic acids is 1. The Balaban J connectivity index is 2.28. The number of carbonyl (C=O) groups is 1. The van der Waals surface area contributed by atoms with Crippen molar-refractivity contribution in [3.05, 3.63) is 0 Å². The number of aliphatic hydroxyl groups excluding tert-OH is 1. The average Bonchev–Trinajstić information content (AvgIpc) is 2.48. The number of alkyl carbamates (subject to hydrolysis) is 1. The Morgan fingerprint density at radius 1 is 1.60 bits per heavy atom. The van der Waals surface area contributed by atoms with Gasteiger partial charge in [0.2, 0.25) is 0 Å². The van der Waals surface area contributed by atoms with Crippen molar-refractivity contribution in [2.75, 3.05) is 13.2 Å². The van der Waals surface area contributed by atoms with Crippen LogP contribution in [0.1, 0.15) is 27.2 Å². The molecule has 1 fully saturated rings. The second kappa shape index (κ2) is 4.81. The van der Waals surface area contributed by atoms with Crippen LogP contribution in [0.5, 0.6) is 0 Å². The summed E-state index contributed by atoms with van der Waals surface area (Å²) in [6, 6.07) is -0.0583. The van der Waals surface area contributed by atoms with Gasteiger partial charge in [0.1, 0.15) is 5.60 Å². The third-order valence-corrected chi connectivity index (χ3v) is 2.01. The Morgan fingerprint density at radius 3 is 2.73 bits per heavy atom. The lowest BCUT2D eigenvalue weighted by Gasteiger charge is -2.21. The fourth-order valence-electron chi connectivity index (χ4n) is 1.41. The van der Waals surface area contributed by atoms with Crippen LogP contribution in [-0.2, 0) is 9.47 Å². The van der Waals surface area contributed by atoms with Gasteiger partial charge in [-0.15, -0.1) is 0 Å². The molecule has 0 bridgehead atoms. The molecule has 2 atom stereocenters. The van der Waals surface area contributed by atoms with Crippen LogP contribution in [0.3, 0.4) is 0 Å². The summed E-state index contributed by atoms with van der Waals surface area (Å²) in [5.41, 5.74) is -0.486. The average molecular weight is 217 g/mol. The topological polar surface area (TPSA) is 67.8 Å². The molecule has 2 N–H and O–H groups in total. The van der Waals surface area contributed by atoms with E-state index < -0.39 is 11.7 Å². The van der Waals surface area contributed by atoms with Gasteiger partial charge in [0.05, 0.1) is 25.4 Å². The van der Waals surface area contributed by atoms with E-state index in [-0.39, 0.29) is 18.8 Å². The Hall–Kier alpha value is -0.810. The smallest absolute Gasteiger partial charge is 0.407 e. The lowest BCUT2D eigenvalue weighted by molar-refractivity contribution is 0.0474. The molecule has 0 aromatic rings. The van der Waals surface area contributed by atoms with E-state index in [4.69, 9.17) is 14.6 Å². The van der Waals surface area contributed by atoms with Crippen molar-refractivity contribution in [2.24, 2.45) is 0 Å². The van der Waals surface area contributed by atoms with E-state index in [0.29, 0.717) is 13.0 Å². The van der Waals surface area contributed by atoms with Crippen LogP contribution in [0, 0.1) is 0 Å². The van der Waals surface area contributed by atoms with Gasteiger partial charge in [-0.25, -0.2) is 4.79 Å². The summed E-state index contributed by atoms with van der Waals surface area (Å²) in [7, 11) is 0. The highest BCUT2D eigenvalue weighted by Gasteiger charge is 2.27. The molecule has 1 aliphatic rings. The van der Waals surface area contributed by atoms with Crippen molar-refractivity contribution < 1.29 is 19.4 Å². The second-order valence-electron chi connectivity index (χ2n) is 4.72. The van der Waals surface area contributed by atoms with Crippen LogP contribution >= 0.6 is 0 Å². The third-order valence-electron chi connectivity index (χ3n) is 2.01. The molecule has 0 aromatic carbocycles. The van der Waals surface area contributed by atoms with Gasteiger partial charge in [0, 0.05) is 0 Å². The van der Waals surface area contributed by atoms with Crippen LogP contribution in [0.2, 0.25) is 0 Å². The molecule has 1 rings (SSSR count). The fourth-order valence-corrected chi connectivity index (χ4v) is 1.41. The molecule has 1 amide bonds. The Labute approximate surface area is 89.8 Å². The highest BCUT2D eigenvalue weighted by molar-refractivity contribution is 5.68. The fraction of sp³-hybridized carbons (Fsp3) is 0.900. The highest BCUT2D eigenvalue weighted by atomic mass is 16.6. The molecule has 1 saturated heterocycles. The first-order chi connectivity index (χ1) is 6.90. The molecule has 1 heterocycles. The zero-order valence-electron chi connectivity index (χ0n) is 9.45. The standard InChI is InChI=1S/C10H19NO4/c1-10(2,3)15-9(13)11-7-4-8(5-12)14-6-7/h7-8,12H,4-6H2,1-3H3,(H,11,13)/t7-,8-/m0/s1. The summed E-state index contributed by atoms with van der Waals surface area (Å²) in [6.07, 6.45) is 0.0371. The van der Waals surface area contributed by atoms with Gasteiger partial charge in [-0.2, -0.15) is 0 Å². The number of aliphatic hydroxyl groups is 1. The molecule has 0 aromatic heterocycles. The van der Waals surface area contributed by atoms with Crippen molar-refractivity contribution in [1.82, 2.24) is 5.32 Å². The van der Waals surface area contributed by atoms with E-state index in [1.165, 1.54) is 0 Å². The quantitative estimate of drug-likeness (QED) is 0.713. The molecule has 5 heteroatoms. The van der Waals surface area contributed by atoms with Gasteiger partial charge in [-0.1, -0.05) is 0 Å². The van der Waals surface area contributed by atoms with Gasteiger partial charge >= 0.3 is 6.09 Å². The normalized spacial score (nSPS) is 26.4. The number of hydrogen-bond acceptors (Lipinski definition) is 4. The van der Waals surface area contributed by atoms with Gasteiger partial charge in [-0.3, -0.25) is 0 Å². The minimum Gasteiger partial charge on any atom is -0.444 e. The number of hydrogen-bond donors (Lipinski definition) is 2. The largest absolute Gasteiger partial charge is 0.444 e. The molecular formula is C10H19NO4. The van der Waals surface area contributed by atoms with E-state index in [1.807, 2.05) is 20.8 Å². The Bertz CT molecular complexity index is 224. The summed E-state index contributed by atoms with van der Waals surface area (Å²) in [5.74, 6) is 0. The molecule has 0 unspecified atom stereocenters. The summed E-state index contributed by atoms with van der Waals surface area (Å²) in [6.45, 7) is 5.87. The minimum absolute atomic E-state index is 0.00744. The molecule has 88 valence electrons. The zero-order valence-corrected chi connectivity index (χ0v) is 9.45. The van der Waals surface area contributed by atoms with Gasteiger partial charge in [-0.05, 0) is 27.2 Å².